The van der Waals surface area contributed by atoms with Gasteiger partial charge in [-0.25, -0.2) is 5.21 Å². The minimum absolute atomic E-state index is 0.246. The van der Waals surface area contributed by atoms with Crippen LogP contribution >= 0.6 is 0 Å². The molecule has 2 heteroatoms. The molecule has 0 saturated heterocycles. The van der Waals surface area contributed by atoms with Gasteiger partial charge in [0.15, 0.2) is 0 Å². The van der Waals surface area contributed by atoms with Crippen molar-refractivity contribution in [3.05, 3.63) is 0 Å². The maximum absolute atomic E-state index is 10.5. The molecule has 0 saturated carbocycles. The number of nitrogens with zero attached hydrogens (tertiary/aromatic N) is 1. The van der Waals surface area contributed by atoms with Crippen LogP contribution < -0.4 is 0 Å². The second kappa shape index (κ2) is 6.49. The van der Waals surface area contributed by atoms with Crippen LogP contribution in [0.3, 0.4) is 0 Å². The second-order valence-corrected chi connectivity index (χ2v) is 5.89. The lowest BCUT2D eigenvalue weighted by molar-refractivity contribution is -1.12. The van der Waals surface area contributed by atoms with Crippen molar-refractivity contribution in [2.75, 3.05) is 13.1 Å². The summed E-state index contributed by atoms with van der Waals surface area (Å²) in [6.07, 6.45) is 2.21. The van der Waals surface area contributed by atoms with Gasteiger partial charge in [0, 0.05) is 12.8 Å². The van der Waals surface area contributed by atoms with Crippen LogP contribution in [0.1, 0.15) is 54.4 Å². The second-order valence-electron chi connectivity index (χ2n) is 5.89. The first-order valence-electron chi connectivity index (χ1n) is 6.37. The molecule has 15 heavy (non-hydrogen) atoms. The molecule has 0 spiro atoms. The van der Waals surface area contributed by atoms with Crippen molar-refractivity contribution in [1.82, 2.24) is 0 Å². The van der Waals surface area contributed by atoms with Crippen molar-refractivity contribution >= 4 is 0 Å². The summed E-state index contributed by atoms with van der Waals surface area (Å²) in [5, 5.41) is 10.5. The molecule has 92 valence electrons. The van der Waals surface area contributed by atoms with Crippen LogP contribution in [0.15, 0.2) is 0 Å². The molecule has 0 bridgehead atoms. The lowest BCUT2D eigenvalue weighted by atomic mass is 10.1. The average Bonchev–Trinajstić information content (AvgIpc) is 2.11. The molecule has 0 unspecified atom stereocenters. The molecule has 0 amide bonds. The number of rotatable bonds is 7. The maximum atomic E-state index is 10.5. The zero-order valence-electron chi connectivity index (χ0n) is 11.5. The van der Waals surface area contributed by atoms with Crippen LogP contribution in [0.2, 0.25) is 0 Å². The van der Waals surface area contributed by atoms with Crippen LogP contribution in [0, 0.1) is 11.8 Å². The molecular weight excluding hydrogens is 186 g/mol. The lowest BCUT2D eigenvalue weighted by Gasteiger charge is -2.35. The summed E-state index contributed by atoms with van der Waals surface area (Å²) in [4.78, 5) is 0. The van der Waals surface area contributed by atoms with Gasteiger partial charge in [0.05, 0.1) is 0 Å². The van der Waals surface area contributed by atoms with Crippen LogP contribution in [0.5, 0.6) is 0 Å². The average molecular weight is 216 g/mol. The van der Waals surface area contributed by atoms with E-state index in [2.05, 4.69) is 41.5 Å². The van der Waals surface area contributed by atoms with Crippen molar-refractivity contribution in [2.24, 2.45) is 11.8 Å². The minimum Gasteiger partial charge on any atom is -0.217 e. The lowest BCUT2D eigenvalue weighted by Crippen LogP contribution is -2.52. The molecule has 0 rings (SSSR count). The summed E-state index contributed by atoms with van der Waals surface area (Å²) in [5.41, 5.74) is 0. The monoisotopic (exact) mass is 216 g/mol. The van der Waals surface area contributed by atoms with Gasteiger partial charge in [0.2, 0.25) is 0 Å². The first-order chi connectivity index (χ1) is 6.78. The summed E-state index contributed by atoms with van der Waals surface area (Å²) >= 11 is 0. The van der Waals surface area contributed by atoms with Gasteiger partial charge in [-0.2, -0.15) is 4.65 Å². The number of hydrogen-bond donors (Lipinski definition) is 1. The fraction of sp³-hybridized carbons (Fsp3) is 1.00. The summed E-state index contributed by atoms with van der Waals surface area (Å²) < 4.78 is 0.246. The molecular formula is C13H30NO+. The Morgan fingerprint density at radius 2 is 1.13 bits per heavy atom. The molecule has 2 nitrogen and oxygen atoms in total. The van der Waals surface area contributed by atoms with E-state index in [4.69, 9.17) is 0 Å². The Hall–Kier alpha value is -0.0800. The van der Waals surface area contributed by atoms with Crippen molar-refractivity contribution in [3.63, 3.8) is 0 Å². The summed E-state index contributed by atoms with van der Waals surface area (Å²) in [5.74, 6) is 1.35. The summed E-state index contributed by atoms with van der Waals surface area (Å²) in [7, 11) is 0. The highest BCUT2D eigenvalue weighted by molar-refractivity contribution is 4.50. The highest BCUT2D eigenvalue weighted by atomic mass is 16.5. The predicted octanol–water partition coefficient (Wildman–Crippen LogP) is 3.69. The van der Waals surface area contributed by atoms with Crippen LogP contribution in [-0.4, -0.2) is 29.0 Å². The SMILES string of the molecule is CC(C)CC[N+](O)(CCC(C)C)C(C)C. The third-order valence-electron chi connectivity index (χ3n) is 3.15. The highest BCUT2D eigenvalue weighted by Crippen LogP contribution is 2.16. The number of hydroxylamine groups is 3. The van der Waals surface area contributed by atoms with E-state index < -0.39 is 0 Å². The Labute approximate surface area is 95.8 Å². The van der Waals surface area contributed by atoms with Gasteiger partial charge in [-0.3, -0.25) is 0 Å². The number of hydrogen-bond acceptors (Lipinski definition) is 1. The van der Waals surface area contributed by atoms with E-state index in [1.54, 1.807) is 0 Å². The first-order valence-corrected chi connectivity index (χ1v) is 6.37. The molecule has 0 aliphatic carbocycles. The standard InChI is InChI=1S/C13H30NO/c1-11(2)7-9-14(15,13(5)6)10-8-12(3)4/h11-13,15H,7-10H2,1-6H3/q+1. The largest absolute Gasteiger partial charge is 0.217 e. The van der Waals surface area contributed by atoms with Crippen LogP contribution in [0.25, 0.3) is 0 Å². The highest BCUT2D eigenvalue weighted by Gasteiger charge is 2.29. The topological polar surface area (TPSA) is 20.2 Å². The van der Waals surface area contributed by atoms with Gasteiger partial charge in [0.1, 0.15) is 19.1 Å². The third kappa shape index (κ3) is 6.16. The quantitative estimate of drug-likeness (QED) is 0.508. The molecule has 1 N–H and O–H groups in total. The van der Waals surface area contributed by atoms with E-state index in [-0.39, 0.29) is 4.65 Å². The van der Waals surface area contributed by atoms with E-state index in [1.165, 1.54) is 0 Å². The smallest absolute Gasteiger partial charge is 0.113 e. The zero-order chi connectivity index (χ0) is 12.1. The van der Waals surface area contributed by atoms with Gasteiger partial charge in [-0.1, -0.05) is 27.7 Å². The predicted molar refractivity (Wildman–Crippen MR) is 65.8 cm³/mol. The molecule has 0 atom stereocenters. The van der Waals surface area contributed by atoms with Gasteiger partial charge < -0.3 is 0 Å². The minimum atomic E-state index is 0.246. The molecule has 0 radical (unpaired) electrons. The van der Waals surface area contributed by atoms with Crippen molar-refractivity contribution < 1.29 is 9.85 Å². The maximum Gasteiger partial charge on any atom is 0.113 e. The van der Waals surface area contributed by atoms with Crippen molar-refractivity contribution in [3.8, 4) is 0 Å². The van der Waals surface area contributed by atoms with Crippen molar-refractivity contribution in [2.45, 2.75) is 60.4 Å². The van der Waals surface area contributed by atoms with Crippen LogP contribution in [0.4, 0.5) is 0 Å². The van der Waals surface area contributed by atoms with Gasteiger partial charge >= 0.3 is 0 Å². The molecule has 0 aromatic heterocycles. The Kier molecular flexibility index (Phi) is 6.46. The normalized spacial score (nSPS) is 13.2. The molecule has 0 aliphatic heterocycles. The van der Waals surface area contributed by atoms with Gasteiger partial charge in [0.25, 0.3) is 0 Å². The molecule has 0 fully saturated rings. The Balaban J connectivity index is 4.19. The Morgan fingerprint density at radius 3 is 1.33 bits per heavy atom. The van der Waals surface area contributed by atoms with E-state index >= 15 is 0 Å². The fourth-order valence-corrected chi connectivity index (χ4v) is 1.59. The van der Waals surface area contributed by atoms with Crippen LogP contribution in [-0.2, 0) is 0 Å². The van der Waals surface area contributed by atoms with E-state index in [1.807, 2.05) is 0 Å². The molecule has 0 aliphatic rings. The van der Waals surface area contributed by atoms with Gasteiger partial charge in [-0.15, -0.1) is 0 Å². The Morgan fingerprint density at radius 1 is 0.800 bits per heavy atom. The molecule has 0 heterocycles. The summed E-state index contributed by atoms with van der Waals surface area (Å²) in [6.45, 7) is 14.9. The fourth-order valence-electron chi connectivity index (χ4n) is 1.59. The third-order valence-corrected chi connectivity index (χ3v) is 3.15. The van der Waals surface area contributed by atoms with E-state index in [0.29, 0.717) is 17.9 Å². The zero-order valence-corrected chi connectivity index (χ0v) is 11.5. The first kappa shape index (κ1) is 14.9. The Bertz CT molecular complexity index is 152. The van der Waals surface area contributed by atoms with Gasteiger partial charge in [-0.05, 0) is 25.7 Å². The van der Waals surface area contributed by atoms with E-state index in [9.17, 15) is 5.21 Å². The van der Waals surface area contributed by atoms with E-state index in [0.717, 1.165) is 25.9 Å². The summed E-state index contributed by atoms with van der Waals surface area (Å²) in [6, 6.07) is 0.308. The van der Waals surface area contributed by atoms with Crippen molar-refractivity contribution in [1.29, 1.82) is 0 Å². The number of quaternary nitrogens is 1. The molecule has 0 aromatic carbocycles. The molecule has 0 aromatic rings.